The molecule has 1 aliphatic rings. The average molecular weight is 240 g/mol. The zero-order valence-electron chi connectivity index (χ0n) is 11.9. The van der Waals surface area contributed by atoms with Gasteiger partial charge in [0.25, 0.3) is 0 Å². The number of hydrogen-bond acceptors (Lipinski definition) is 3. The van der Waals surface area contributed by atoms with Gasteiger partial charge in [0.15, 0.2) is 0 Å². The number of carbonyl (C=O) groups excluding carboxylic acids is 1. The lowest BCUT2D eigenvalue weighted by Gasteiger charge is -2.35. The largest absolute Gasteiger partial charge is 0.306 e. The van der Waals surface area contributed by atoms with Gasteiger partial charge in [0.05, 0.1) is 0 Å². The summed E-state index contributed by atoms with van der Waals surface area (Å²) in [6.07, 6.45) is 4.30. The third kappa shape index (κ3) is 5.17. The van der Waals surface area contributed by atoms with E-state index in [1.165, 1.54) is 25.9 Å². The van der Waals surface area contributed by atoms with Gasteiger partial charge in [0, 0.05) is 18.4 Å². The van der Waals surface area contributed by atoms with Crippen LogP contribution in [0.2, 0.25) is 0 Å². The van der Waals surface area contributed by atoms with Crippen LogP contribution in [0.25, 0.3) is 0 Å². The number of ketones is 1. The van der Waals surface area contributed by atoms with Crippen LogP contribution in [0.3, 0.4) is 0 Å². The molecular formula is C14H28N2O. The molecule has 0 aromatic heterocycles. The summed E-state index contributed by atoms with van der Waals surface area (Å²) in [4.78, 5) is 16.4. The van der Waals surface area contributed by atoms with E-state index in [4.69, 9.17) is 0 Å². The fourth-order valence-corrected chi connectivity index (χ4v) is 2.41. The quantitative estimate of drug-likeness (QED) is 0.709. The minimum Gasteiger partial charge on any atom is -0.306 e. The first-order valence-corrected chi connectivity index (χ1v) is 6.92. The highest BCUT2D eigenvalue weighted by Crippen LogP contribution is 2.14. The van der Waals surface area contributed by atoms with Crippen LogP contribution in [0, 0.1) is 5.92 Å². The van der Waals surface area contributed by atoms with E-state index in [-0.39, 0.29) is 5.92 Å². The zero-order valence-corrected chi connectivity index (χ0v) is 11.9. The van der Waals surface area contributed by atoms with Gasteiger partial charge in [0.1, 0.15) is 5.78 Å². The molecule has 0 spiro atoms. The van der Waals surface area contributed by atoms with Crippen molar-refractivity contribution in [2.75, 3.05) is 33.7 Å². The molecule has 3 nitrogen and oxygen atoms in total. The lowest BCUT2D eigenvalue weighted by Crippen LogP contribution is -2.42. The summed E-state index contributed by atoms with van der Waals surface area (Å²) in [6.45, 7) is 7.46. The fourth-order valence-electron chi connectivity index (χ4n) is 2.41. The number of rotatable bonds is 6. The minimum absolute atomic E-state index is 0.198. The van der Waals surface area contributed by atoms with E-state index in [1.807, 2.05) is 13.8 Å². The normalized spacial score (nSPS) is 19.2. The van der Waals surface area contributed by atoms with E-state index in [0.717, 1.165) is 25.4 Å². The molecule has 3 heteroatoms. The van der Waals surface area contributed by atoms with Gasteiger partial charge in [-0.15, -0.1) is 0 Å². The number of hydrogen-bond donors (Lipinski definition) is 0. The molecule has 1 rings (SSSR count). The maximum absolute atomic E-state index is 11.5. The first kappa shape index (κ1) is 14.7. The van der Waals surface area contributed by atoms with Crippen LogP contribution in [0.1, 0.15) is 39.5 Å². The maximum Gasteiger partial charge on any atom is 0.135 e. The van der Waals surface area contributed by atoms with Crippen molar-refractivity contribution in [3.05, 3.63) is 0 Å². The molecule has 0 radical (unpaired) electrons. The predicted molar refractivity (Wildman–Crippen MR) is 72.2 cm³/mol. The van der Waals surface area contributed by atoms with Gasteiger partial charge in [-0.1, -0.05) is 13.8 Å². The molecule has 0 saturated carbocycles. The molecule has 1 aliphatic heterocycles. The first-order chi connectivity index (χ1) is 8.00. The van der Waals surface area contributed by atoms with Crippen molar-refractivity contribution in [2.45, 2.75) is 45.6 Å². The Hall–Kier alpha value is -0.410. The Kier molecular flexibility index (Phi) is 6.14. The number of carbonyl (C=O) groups is 1. The summed E-state index contributed by atoms with van der Waals surface area (Å²) in [5.74, 6) is 0.602. The van der Waals surface area contributed by atoms with Crippen LogP contribution in [0.15, 0.2) is 0 Å². The molecule has 0 aliphatic carbocycles. The second-order valence-corrected chi connectivity index (χ2v) is 5.74. The Balaban J connectivity index is 2.16. The number of piperidine rings is 1. The molecule has 0 amide bonds. The summed E-state index contributed by atoms with van der Waals surface area (Å²) in [5, 5.41) is 0. The van der Waals surface area contributed by atoms with E-state index >= 15 is 0 Å². The number of likely N-dealkylation sites (tertiary alicyclic amines) is 1. The van der Waals surface area contributed by atoms with Crippen molar-refractivity contribution in [1.29, 1.82) is 0 Å². The summed E-state index contributed by atoms with van der Waals surface area (Å²) in [7, 11) is 4.40. The van der Waals surface area contributed by atoms with E-state index in [0.29, 0.717) is 5.78 Å². The highest BCUT2D eigenvalue weighted by molar-refractivity contribution is 5.80. The smallest absolute Gasteiger partial charge is 0.135 e. The van der Waals surface area contributed by atoms with Gasteiger partial charge < -0.3 is 9.80 Å². The van der Waals surface area contributed by atoms with E-state index in [2.05, 4.69) is 23.9 Å². The van der Waals surface area contributed by atoms with Crippen LogP contribution in [0.4, 0.5) is 0 Å². The van der Waals surface area contributed by atoms with Crippen molar-refractivity contribution in [3.63, 3.8) is 0 Å². The van der Waals surface area contributed by atoms with E-state index in [1.54, 1.807) is 0 Å². The highest BCUT2D eigenvalue weighted by Gasteiger charge is 2.20. The molecule has 0 atom stereocenters. The third-order valence-electron chi connectivity index (χ3n) is 3.89. The molecule has 0 aromatic rings. The van der Waals surface area contributed by atoms with Crippen LogP contribution in [0.5, 0.6) is 0 Å². The Bertz CT molecular complexity index is 232. The van der Waals surface area contributed by atoms with Crippen molar-refractivity contribution in [2.24, 2.45) is 5.92 Å². The summed E-state index contributed by atoms with van der Waals surface area (Å²) in [5.41, 5.74) is 0. The topological polar surface area (TPSA) is 23.6 Å². The monoisotopic (exact) mass is 240 g/mol. The molecule has 0 unspecified atom stereocenters. The fraction of sp³-hybridized carbons (Fsp3) is 0.929. The number of nitrogens with zero attached hydrogens (tertiary/aromatic N) is 2. The average Bonchev–Trinajstić information content (AvgIpc) is 2.29. The minimum atomic E-state index is 0.198. The molecule has 100 valence electrons. The summed E-state index contributed by atoms with van der Waals surface area (Å²) < 4.78 is 0. The van der Waals surface area contributed by atoms with E-state index < -0.39 is 0 Å². The van der Waals surface area contributed by atoms with Crippen molar-refractivity contribution < 1.29 is 4.79 Å². The van der Waals surface area contributed by atoms with Crippen LogP contribution in [-0.2, 0) is 4.79 Å². The zero-order chi connectivity index (χ0) is 12.8. The molecule has 17 heavy (non-hydrogen) atoms. The molecule has 0 bridgehead atoms. The molecule has 1 fully saturated rings. The lowest BCUT2D eigenvalue weighted by molar-refractivity contribution is -0.122. The SMILES string of the molecule is CC(C)C(=O)CCCN(C)C1CCN(C)CC1. The van der Waals surface area contributed by atoms with Gasteiger partial charge in [-0.25, -0.2) is 0 Å². The second-order valence-electron chi connectivity index (χ2n) is 5.74. The summed E-state index contributed by atoms with van der Waals surface area (Å²) >= 11 is 0. The number of Topliss-reactive ketones (excluding diaryl/α,β-unsaturated/α-hetero) is 1. The van der Waals surface area contributed by atoms with Crippen molar-refractivity contribution >= 4 is 5.78 Å². The standard InChI is InChI=1S/C14H28N2O/c1-12(2)14(17)6-5-9-16(4)13-7-10-15(3)11-8-13/h12-13H,5-11H2,1-4H3. The van der Waals surface area contributed by atoms with Crippen LogP contribution < -0.4 is 0 Å². The summed E-state index contributed by atoms with van der Waals surface area (Å²) in [6, 6.07) is 0.723. The Morgan fingerprint density at radius 2 is 1.94 bits per heavy atom. The Morgan fingerprint density at radius 3 is 2.47 bits per heavy atom. The van der Waals surface area contributed by atoms with Crippen molar-refractivity contribution in [3.8, 4) is 0 Å². The predicted octanol–water partition coefficient (Wildman–Crippen LogP) is 2.02. The van der Waals surface area contributed by atoms with Crippen LogP contribution >= 0.6 is 0 Å². The second kappa shape index (κ2) is 7.12. The molecule has 1 heterocycles. The van der Waals surface area contributed by atoms with E-state index in [9.17, 15) is 4.79 Å². The maximum atomic E-state index is 11.5. The van der Waals surface area contributed by atoms with Gasteiger partial charge in [-0.05, 0) is 53.0 Å². The molecule has 0 N–H and O–H groups in total. The Morgan fingerprint density at radius 1 is 1.35 bits per heavy atom. The van der Waals surface area contributed by atoms with Gasteiger partial charge in [0.2, 0.25) is 0 Å². The molecule has 1 saturated heterocycles. The molecule has 0 aromatic carbocycles. The van der Waals surface area contributed by atoms with Gasteiger partial charge >= 0.3 is 0 Å². The third-order valence-corrected chi connectivity index (χ3v) is 3.89. The first-order valence-electron chi connectivity index (χ1n) is 6.92. The Labute approximate surface area is 106 Å². The lowest BCUT2D eigenvalue weighted by atomic mass is 10.0. The van der Waals surface area contributed by atoms with Gasteiger partial charge in [-0.2, -0.15) is 0 Å². The van der Waals surface area contributed by atoms with Crippen molar-refractivity contribution in [1.82, 2.24) is 9.80 Å². The van der Waals surface area contributed by atoms with Crippen LogP contribution in [-0.4, -0.2) is 55.4 Å². The highest BCUT2D eigenvalue weighted by atomic mass is 16.1. The van der Waals surface area contributed by atoms with Gasteiger partial charge in [-0.3, -0.25) is 4.79 Å². The molecular weight excluding hydrogens is 212 g/mol.